The molecule has 0 spiro atoms. The van der Waals surface area contributed by atoms with E-state index in [0.29, 0.717) is 11.1 Å². The first-order valence-electron chi connectivity index (χ1n) is 9.24. The maximum Gasteiger partial charge on any atom is 0.248 e. The number of allylic oxidation sites excluding steroid dienone is 2. The fraction of sp³-hybridized carbons (Fsp3) is 0.174. The van der Waals surface area contributed by atoms with Gasteiger partial charge in [-0.05, 0) is 61.1 Å². The summed E-state index contributed by atoms with van der Waals surface area (Å²) < 4.78 is 0. The minimum absolute atomic E-state index is 0.0253. The second-order valence-electron chi connectivity index (χ2n) is 6.90. The van der Waals surface area contributed by atoms with Gasteiger partial charge in [-0.25, -0.2) is 0 Å². The summed E-state index contributed by atoms with van der Waals surface area (Å²) in [6, 6.07) is 14.2. The predicted octanol–water partition coefficient (Wildman–Crippen LogP) is 3.68. The minimum atomic E-state index is -0.467. The molecule has 2 aromatic carbocycles. The van der Waals surface area contributed by atoms with Crippen molar-refractivity contribution >= 4 is 29.7 Å². The highest BCUT2D eigenvalue weighted by Crippen LogP contribution is 2.27. The van der Waals surface area contributed by atoms with Crippen LogP contribution in [0.25, 0.3) is 12.2 Å². The van der Waals surface area contributed by atoms with Gasteiger partial charge >= 0.3 is 0 Å². The van der Waals surface area contributed by atoms with Crippen LogP contribution in [0, 0.1) is 5.41 Å². The Bertz CT molecular complexity index is 888. The van der Waals surface area contributed by atoms with E-state index in [4.69, 9.17) is 16.9 Å². The van der Waals surface area contributed by atoms with Crippen LogP contribution in [-0.2, 0) is 4.79 Å². The van der Waals surface area contributed by atoms with Crippen LogP contribution in [0.2, 0.25) is 0 Å². The molecule has 0 saturated heterocycles. The first-order valence-corrected chi connectivity index (χ1v) is 9.24. The number of rotatable bonds is 4. The molecule has 5 heteroatoms. The van der Waals surface area contributed by atoms with Crippen molar-refractivity contribution in [3.8, 4) is 0 Å². The maximum atomic E-state index is 13.0. The van der Waals surface area contributed by atoms with E-state index in [1.54, 1.807) is 36.4 Å². The number of nitrogen functional groups attached to an aromatic ring is 1. The lowest BCUT2D eigenvalue weighted by Gasteiger charge is -2.06. The maximum absolute atomic E-state index is 13.0. The normalized spacial score (nSPS) is 17.5. The molecule has 1 amide bonds. The van der Waals surface area contributed by atoms with Gasteiger partial charge in [-0.15, -0.1) is 0 Å². The zero-order valence-electron chi connectivity index (χ0n) is 15.6. The van der Waals surface area contributed by atoms with Crippen LogP contribution in [0.1, 0.15) is 52.7 Å². The SMILES string of the molecule is N=C(N)c1ccc(/C=C2/CCCC/C(=C/c3ccc(C(N)=O)cc3)C2=O)cc1. The molecule has 0 atom stereocenters. The van der Waals surface area contributed by atoms with Crippen LogP contribution < -0.4 is 11.5 Å². The molecule has 1 fully saturated rings. The smallest absolute Gasteiger partial charge is 0.248 e. The molecule has 0 aromatic heterocycles. The van der Waals surface area contributed by atoms with Crippen molar-refractivity contribution in [2.45, 2.75) is 25.7 Å². The number of primary amides is 1. The molecule has 3 rings (SSSR count). The molecule has 5 N–H and O–H groups in total. The van der Waals surface area contributed by atoms with E-state index < -0.39 is 5.91 Å². The third kappa shape index (κ3) is 4.62. The van der Waals surface area contributed by atoms with Gasteiger partial charge in [-0.3, -0.25) is 15.0 Å². The number of hydrogen-bond donors (Lipinski definition) is 3. The van der Waals surface area contributed by atoms with E-state index >= 15 is 0 Å². The van der Waals surface area contributed by atoms with Gasteiger partial charge < -0.3 is 11.5 Å². The van der Waals surface area contributed by atoms with Crippen molar-refractivity contribution in [1.82, 2.24) is 0 Å². The van der Waals surface area contributed by atoms with Crippen LogP contribution in [-0.4, -0.2) is 17.5 Å². The Labute approximate surface area is 164 Å². The van der Waals surface area contributed by atoms with Crippen molar-refractivity contribution in [3.63, 3.8) is 0 Å². The molecule has 0 bridgehead atoms. The number of amidine groups is 1. The zero-order chi connectivity index (χ0) is 20.1. The molecule has 0 aliphatic heterocycles. The van der Waals surface area contributed by atoms with Gasteiger partial charge in [0.2, 0.25) is 5.91 Å². The zero-order valence-corrected chi connectivity index (χ0v) is 15.6. The molecule has 1 aliphatic rings. The van der Waals surface area contributed by atoms with Gasteiger partial charge in [-0.2, -0.15) is 0 Å². The minimum Gasteiger partial charge on any atom is -0.384 e. The van der Waals surface area contributed by atoms with Gasteiger partial charge in [0.1, 0.15) is 5.84 Å². The van der Waals surface area contributed by atoms with E-state index in [0.717, 1.165) is 48.0 Å². The van der Waals surface area contributed by atoms with Gasteiger partial charge in [0, 0.05) is 22.3 Å². The Hall–Kier alpha value is -3.47. The van der Waals surface area contributed by atoms with Crippen molar-refractivity contribution in [2.24, 2.45) is 11.5 Å². The van der Waals surface area contributed by atoms with Gasteiger partial charge in [-0.1, -0.05) is 36.4 Å². The fourth-order valence-corrected chi connectivity index (χ4v) is 3.24. The van der Waals surface area contributed by atoms with E-state index in [-0.39, 0.29) is 11.6 Å². The average molecular weight is 373 g/mol. The van der Waals surface area contributed by atoms with Crippen LogP contribution in [0.15, 0.2) is 59.7 Å². The topological polar surface area (TPSA) is 110 Å². The second-order valence-corrected chi connectivity index (χ2v) is 6.90. The third-order valence-corrected chi connectivity index (χ3v) is 4.82. The molecule has 1 saturated carbocycles. The van der Waals surface area contributed by atoms with Crippen molar-refractivity contribution in [2.75, 3.05) is 0 Å². The Morgan fingerprint density at radius 3 is 1.61 bits per heavy atom. The van der Waals surface area contributed by atoms with Gasteiger partial charge in [0.15, 0.2) is 5.78 Å². The number of ketones is 1. The van der Waals surface area contributed by atoms with E-state index in [1.807, 2.05) is 24.3 Å². The Morgan fingerprint density at radius 1 is 0.786 bits per heavy atom. The summed E-state index contributed by atoms with van der Waals surface area (Å²) in [5, 5.41) is 7.46. The summed E-state index contributed by atoms with van der Waals surface area (Å²) in [5.74, 6) is -0.379. The standard InChI is InChI=1S/C23H23N3O2/c24-22(25)17-9-5-15(6-10-17)13-19-3-1-2-4-20(21(19)27)14-16-7-11-18(12-8-16)23(26)28/h5-14H,1-4H2,(H3,24,25)(H2,26,28)/b19-13-,20-14-. The lowest BCUT2D eigenvalue weighted by atomic mass is 9.97. The monoisotopic (exact) mass is 373 g/mol. The van der Waals surface area contributed by atoms with Crippen molar-refractivity contribution < 1.29 is 9.59 Å². The third-order valence-electron chi connectivity index (χ3n) is 4.82. The lowest BCUT2D eigenvalue weighted by Crippen LogP contribution is -2.10. The molecule has 5 nitrogen and oxygen atoms in total. The molecule has 0 heterocycles. The lowest BCUT2D eigenvalue weighted by molar-refractivity contribution is -0.112. The quantitative estimate of drug-likeness (QED) is 0.329. The number of Topliss-reactive ketones (excluding diaryl/α,β-unsaturated/α-hetero) is 1. The molecule has 2 aromatic rings. The number of amides is 1. The summed E-state index contributed by atoms with van der Waals surface area (Å²) >= 11 is 0. The predicted molar refractivity (Wildman–Crippen MR) is 112 cm³/mol. The molecule has 1 aliphatic carbocycles. The van der Waals surface area contributed by atoms with Crippen molar-refractivity contribution in [1.29, 1.82) is 5.41 Å². The largest absolute Gasteiger partial charge is 0.384 e. The van der Waals surface area contributed by atoms with E-state index in [1.165, 1.54) is 0 Å². The molecule has 0 radical (unpaired) electrons. The van der Waals surface area contributed by atoms with Gasteiger partial charge in [0.25, 0.3) is 0 Å². The number of hydrogen-bond acceptors (Lipinski definition) is 3. The number of nitrogens with two attached hydrogens (primary N) is 2. The molecule has 0 unspecified atom stereocenters. The Balaban J connectivity index is 1.86. The number of benzene rings is 2. The van der Waals surface area contributed by atoms with Crippen LogP contribution in [0.3, 0.4) is 0 Å². The Kier molecular flexibility index (Phi) is 5.84. The number of carbonyl (C=O) groups is 2. The highest BCUT2D eigenvalue weighted by Gasteiger charge is 2.19. The average Bonchev–Trinajstić information content (AvgIpc) is 2.85. The van der Waals surface area contributed by atoms with Crippen LogP contribution in [0.4, 0.5) is 0 Å². The summed E-state index contributed by atoms with van der Waals surface area (Å²) in [5.41, 5.74) is 15.2. The first-order chi connectivity index (χ1) is 13.4. The summed E-state index contributed by atoms with van der Waals surface area (Å²) in [6.45, 7) is 0. The van der Waals surface area contributed by atoms with Crippen LogP contribution >= 0.6 is 0 Å². The molecular weight excluding hydrogens is 350 g/mol. The highest BCUT2D eigenvalue weighted by atomic mass is 16.1. The first kappa shape index (κ1) is 19.3. The highest BCUT2D eigenvalue weighted by molar-refractivity contribution is 6.13. The molecular formula is C23H23N3O2. The van der Waals surface area contributed by atoms with Crippen LogP contribution in [0.5, 0.6) is 0 Å². The number of carbonyl (C=O) groups excluding carboxylic acids is 2. The summed E-state index contributed by atoms with van der Waals surface area (Å²) in [4.78, 5) is 24.2. The van der Waals surface area contributed by atoms with Crippen molar-refractivity contribution in [3.05, 3.63) is 81.9 Å². The fourth-order valence-electron chi connectivity index (χ4n) is 3.24. The summed E-state index contributed by atoms with van der Waals surface area (Å²) in [6.07, 6.45) is 7.20. The Morgan fingerprint density at radius 2 is 1.21 bits per heavy atom. The van der Waals surface area contributed by atoms with E-state index in [2.05, 4.69) is 0 Å². The summed E-state index contributed by atoms with van der Waals surface area (Å²) in [7, 11) is 0. The molecule has 142 valence electrons. The number of nitrogens with one attached hydrogen (secondary N) is 1. The van der Waals surface area contributed by atoms with Gasteiger partial charge in [0.05, 0.1) is 0 Å². The van der Waals surface area contributed by atoms with E-state index in [9.17, 15) is 9.59 Å². The molecule has 28 heavy (non-hydrogen) atoms. The second kappa shape index (κ2) is 8.48.